The number of carbonyl (C=O) groups is 2. The van der Waals surface area contributed by atoms with E-state index in [4.69, 9.17) is 4.74 Å². The molecule has 3 aromatic rings. The molecule has 0 atom stereocenters. The summed E-state index contributed by atoms with van der Waals surface area (Å²) in [7, 11) is 1.41. The van der Waals surface area contributed by atoms with Crippen molar-refractivity contribution in [2.24, 2.45) is 0 Å². The summed E-state index contributed by atoms with van der Waals surface area (Å²) in [6.45, 7) is 0. The molecule has 8 heteroatoms. The quantitative estimate of drug-likeness (QED) is 0.701. The molecule has 1 heterocycles. The molecule has 2 amide bonds. The highest BCUT2D eigenvalue weighted by Gasteiger charge is 2.13. The maximum Gasteiger partial charge on any atom is 0.257 e. The molecule has 6 nitrogen and oxygen atoms in total. The fraction of sp³-hybridized carbons (Fsp3) is 0.0500. The Morgan fingerprint density at radius 2 is 1.64 bits per heavy atom. The monoisotopic (exact) mass is 383 g/mol. The zero-order chi connectivity index (χ0) is 20.1. The minimum absolute atomic E-state index is 0.162. The van der Waals surface area contributed by atoms with E-state index in [2.05, 4.69) is 15.6 Å². The summed E-state index contributed by atoms with van der Waals surface area (Å²) in [5.41, 5.74) is 0.914. The van der Waals surface area contributed by atoms with Gasteiger partial charge < -0.3 is 15.4 Å². The molecule has 0 bridgehead atoms. The van der Waals surface area contributed by atoms with Crippen molar-refractivity contribution >= 4 is 23.2 Å². The third-order valence-electron chi connectivity index (χ3n) is 3.76. The van der Waals surface area contributed by atoms with Gasteiger partial charge in [0, 0.05) is 35.8 Å². The minimum Gasteiger partial charge on any atom is -0.494 e. The van der Waals surface area contributed by atoms with Crippen LogP contribution in [0.5, 0.6) is 5.75 Å². The third-order valence-corrected chi connectivity index (χ3v) is 3.76. The number of hydrogen-bond acceptors (Lipinski definition) is 4. The number of pyridine rings is 1. The van der Waals surface area contributed by atoms with Crippen LogP contribution in [0.2, 0.25) is 0 Å². The maximum atomic E-state index is 13.3. The van der Waals surface area contributed by atoms with Gasteiger partial charge in [-0.1, -0.05) is 0 Å². The molecule has 0 aliphatic heterocycles. The SMILES string of the molecule is COc1cc(NC(=O)c2cc(F)cc(F)c2)ccc1NC(=O)c1cccnc1. The first kappa shape index (κ1) is 19.0. The second-order valence-electron chi connectivity index (χ2n) is 5.72. The van der Waals surface area contributed by atoms with Crippen LogP contribution in [0.3, 0.4) is 0 Å². The lowest BCUT2D eigenvalue weighted by Crippen LogP contribution is -2.14. The molecular weight excluding hydrogens is 368 g/mol. The van der Waals surface area contributed by atoms with Crippen LogP contribution in [0, 0.1) is 11.6 Å². The fourth-order valence-corrected chi connectivity index (χ4v) is 2.45. The Labute approximate surface area is 159 Å². The Balaban J connectivity index is 1.77. The highest BCUT2D eigenvalue weighted by atomic mass is 19.1. The zero-order valence-corrected chi connectivity index (χ0v) is 14.7. The third kappa shape index (κ3) is 4.47. The molecule has 0 fully saturated rings. The molecular formula is C20H15F2N3O3. The van der Waals surface area contributed by atoms with E-state index < -0.39 is 17.5 Å². The number of nitrogens with one attached hydrogen (secondary N) is 2. The van der Waals surface area contributed by atoms with Crippen LogP contribution in [-0.4, -0.2) is 23.9 Å². The lowest BCUT2D eigenvalue weighted by Gasteiger charge is -2.13. The van der Waals surface area contributed by atoms with Crippen LogP contribution in [0.25, 0.3) is 0 Å². The topological polar surface area (TPSA) is 80.3 Å². The highest BCUT2D eigenvalue weighted by molar-refractivity contribution is 6.06. The lowest BCUT2D eigenvalue weighted by atomic mass is 10.2. The van der Waals surface area contributed by atoms with Gasteiger partial charge in [-0.15, -0.1) is 0 Å². The Morgan fingerprint density at radius 1 is 0.929 bits per heavy atom. The average molecular weight is 383 g/mol. The normalized spacial score (nSPS) is 10.2. The van der Waals surface area contributed by atoms with E-state index in [1.165, 1.54) is 31.5 Å². The van der Waals surface area contributed by atoms with Gasteiger partial charge in [-0.05, 0) is 36.4 Å². The molecule has 142 valence electrons. The summed E-state index contributed by atoms with van der Waals surface area (Å²) in [5.74, 6) is -2.47. The lowest BCUT2D eigenvalue weighted by molar-refractivity contribution is 0.101. The molecule has 2 N–H and O–H groups in total. The number of methoxy groups -OCH3 is 1. The van der Waals surface area contributed by atoms with Crippen molar-refractivity contribution < 1.29 is 23.1 Å². The van der Waals surface area contributed by atoms with E-state index in [0.29, 0.717) is 28.8 Å². The number of ether oxygens (including phenoxy) is 1. The number of halogens is 2. The van der Waals surface area contributed by atoms with Crippen LogP contribution in [0.1, 0.15) is 20.7 Å². The number of rotatable bonds is 5. The van der Waals surface area contributed by atoms with Gasteiger partial charge >= 0.3 is 0 Å². The fourth-order valence-electron chi connectivity index (χ4n) is 2.45. The second kappa shape index (κ2) is 8.26. The summed E-state index contributed by atoms with van der Waals surface area (Å²) in [6, 6.07) is 10.3. The molecule has 0 saturated heterocycles. The van der Waals surface area contributed by atoms with Crippen molar-refractivity contribution in [2.75, 3.05) is 17.7 Å². The largest absolute Gasteiger partial charge is 0.494 e. The van der Waals surface area contributed by atoms with Crippen molar-refractivity contribution in [1.29, 1.82) is 0 Å². The molecule has 0 saturated carbocycles. The number of carbonyl (C=O) groups excluding carboxylic acids is 2. The molecule has 0 aliphatic rings. The van der Waals surface area contributed by atoms with Crippen LogP contribution >= 0.6 is 0 Å². The summed E-state index contributed by atoms with van der Waals surface area (Å²) < 4.78 is 31.8. The first-order valence-electron chi connectivity index (χ1n) is 8.13. The Morgan fingerprint density at radius 3 is 2.29 bits per heavy atom. The maximum absolute atomic E-state index is 13.3. The summed E-state index contributed by atoms with van der Waals surface area (Å²) in [4.78, 5) is 28.3. The Hall–Kier alpha value is -3.81. The zero-order valence-electron chi connectivity index (χ0n) is 14.7. The van der Waals surface area contributed by atoms with E-state index in [1.807, 2.05) is 0 Å². The van der Waals surface area contributed by atoms with Crippen molar-refractivity contribution in [3.8, 4) is 5.75 Å². The smallest absolute Gasteiger partial charge is 0.257 e. The number of benzene rings is 2. The minimum atomic E-state index is -0.851. The first-order valence-corrected chi connectivity index (χ1v) is 8.13. The predicted octanol–water partition coefficient (Wildman–Crippen LogP) is 3.87. The van der Waals surface area contributed by atoms with Gasteiger partial charge in [0.2, 0.25) is 0 Å². The Bertz CT molecular complexity index is 1010. The van der Waals surface area contributed by atoms with Gasteiger partial charge in [0.25, 0.3) is 11.8 Å². The van der Waals surface area contributed by atoms with Gasteiger partial charge in [-0.2, -0.15) is 0 Å². The number of hydrogen-bond donors (Lipinski definition) is 2. The van der Waals surface area contributed by atoms with Crippen molar-refractivity contribution in [3.05, 3.63) is 83.7 Å². The predicted molar refractivity (Wildman–Crippen MR) is 99.5 cm³/mol. The number of aromatic nitrogens is 1. The number of anilines is 2. The molecule has 3 rings (SSSR count). The van der Waals surface area contributed by atoms with E-state index in [-0.39, 0.29) is 11.5 Å². The summed E-state index contributed by atoms with van der Waals surface area (Å²) in [5, 5.41) is 5.21. The van der Waals surface area contributed by atoms with E-state index in [1.54, 1.807) is 18.3 Å². The van der Waals surface area contributed by atoms with Crippen molar-refractivity contribution in [2.45, 2.75) is 0 Å². The van der Waals surface area contributed by atoms with Gasteiger partial charge in [0.15, 0.2) is 0 Å². The average Bonchev–Trinajstić information content (AvgIpc) is 2.69. The van der Waals surface area contributed by atoms with Crippen LogP contribution < -0.4 is 15.4 Å². The second-order valence-corrected chi connectivity index (χ2v) is 5.72. The molecule has 0 aliphatic carbocycles. The van der Waals surface area contributed by atoms with Gasteiger partial charge in [-0.3, -0.25) is 14.6 Å². The molecule has 0 radical (unpaired) electrons. The van der Waals surface area contributed by atoms with Crippen LogP contribution in [0.15, 0.2) is 60.9 Å². The van der Waals surface area contributed by atoms with Gasteiger partial charge in [0.1, 0.15) is 17.4 Å². The Kier molecular flexibility index (Phi) is 5.59. The molecule has 2 aromatic carbocycles. The molecule has 0 spiro atoms. The van der Waals surface area contributed by atoms with Crippen LogP contribution in [-0.2, 0) is 0 Å². The molecule has 1 aromatic heterocycles. The van der Waals surface area contributed by atoms with E-state index >= 15 is 0 Å². The van der Waals surface area contributed by atoms with Gasteiger partial charge in [-0.25, -0.2) is 8.78 Å². The number of nitrogens with zero attached hydrogens (tertiary/aromatic N) is 1. The van der Waals surface area contributed by atoms with Crippen LogP contribution in [0.4, 0.5) is 20.2 Å². The molecule has 0 unspecified atom stereocenters. The highest BCUT2D eigenvalue weighted by Crippen LogP contribution is 2.28. The first-order chi connectivity index (χ1) is 13.5. The van der Waals surface area contributed by atoms with E-state index in [9.17, 15) is 18.4 Å². The van der Waals surface area contributed by atoms with Crippen molar-refractivity contribution in [1.82, 2.24) is 4.98 Å². The summed E-state index contributed by atoms with van der Waals surface area (Å²) in [6.07, 6.45) is 2.98. The standard InChI is InChI=1S/C20H15F2N3O3/c1-28-18-10-16(24-20(27)13-7-14(21)9-15(22)8-13)4-5-17(18)25-19(26)12-3-2-6-23-11-12/h2-11H,1H3,(H,24,27)(H,25,26). The number of amides is 2. The van der Waals surface area contributed by atoms with E-state index in [0.717, 1.165) is 12.1 Å². The van der Waals surface area contributed by atoms with Crippen molar-refractivity contribution in [3.63, 3.8) is 0 Å². The van der Waals surface area contributed by atoms with Gasteiger partial charge in [0.05, 0.1) is 18.4 Å². The molecule has 28 heavy (non-hydrogen) atoms. The summed E-state index contributed by atoms with van der Waals surface area (Å²) >= 11 is 0.